The smallest absolute Gasteiger partial charge is 0.270 e. The van der Waals surface area contributed by atoms with Crippen molar-refractivity contribution < 1.29 is 9.72 Å². The topological polar surface area (TPSA) is 75.5 Å². The third kappa shape index (κ3) is 3.86. The average molecular weight is 291 g/mol. The van der Waals surface area contributed by atoms with Crippen LogP contribution >= 0.6 is 0 Å². The van der Waals surface area contributed by atoms with Crippen molar-refractivity contribution in [1.29, 1.82) is 0 Å². The summed E-state index contributed by atoms with van der Waals surface area (Å²) in [7, 11) is 0. The lowest BCUT2D eigenvalue weighted by atomic mass is 9.99. The highest BCUT2D eigenvalue weighted by Crippen LogP contribution is 2.18. The van der Waals surface area contributed by atoms with E-state index < -0.39 is 4.92 Å². The van der Waals surface area contributed by atoms with Crippen molar-refractivity contribution in [2.75, 3.05) is 26.2 Å². The van der Waals surface area contributed by atoms with Crippen LogP contribution in [0.15, 0.2) is 24.3 Å². The summed E-state index contributed by atoms with van der Waals surface area (Å²) in [6.45, 7) is 7.71. The van der Waals surface area contributed by atoms with E-state index in [1.807, 2.05) is 0 Å². The normalized spacial score (nSPS) is 18.4. The molecule has 6 nitrogen and oxygen atoms in total. The number of carbonyl (C=O) groups is 1. The van der Waals surface area contributed by atoms with Gasteiger partial charge in [-0.05, 0) is 13.8 Å². The number of carbonyl (C=O) groups excluding carboxylic acids is 1. The summed E-state index contributed by atoms with van der Waals surface area (Å²) in [6, 6.07) is 5.94. The van der Waals surface area contributed by atoms with Crippen molar-refractivity contribution in [2.45, 2.75) is 25.8 Å². The van der Waals surface area contributed by atoms with Gasteiger partial charge in [0.1, 0.15) is 0 Å². The predicted octanol–water partition coefficient (Wildman–Crippen LogP) is 1.85. The standard InChI is InChI=1S/C15H21N3O3/c1-15(2)11-16-7-9-17(15)8-6-14(19)12-4-3-5-13(10-12)18(20)21/h3-5,10,16H,6-9,11H2,1-2H3. The van der Waals surface area contributed by atoms with E-state index in [1.54, 1.807) is 12.1 Å². The van der Waals surface area contributed by atoms with E-state index in [2.05, 4.69) is 24.1 Å². The summed E-state index contributed by atoms with van der Waals surface area (Å²) in [5.74, 6) is -0.0481. The number of piperazine rings is 1. The highest BCUT2D eigenvalue weighted by Gasteiger charge is 2.29. The molecule has 114 valence electrons. The molecule has 1 fully saturated rings. The number of non-ortho nitro benzene ring substituents is 1. The molecule has 1 N–H and O–H groups in total. The molecular weight excluding hydrogens is 270 g/mol. The molecule has 0 aromatic heterocycles. The highest BCUT2D eigenvalue weighted by atomic mass is 16.6. The molecule has 1 heterocycles. The number of Topliss-reactive ketones (excluding diaryl/α,β-unsaturated/α-hetero) is 1. The minimum absolute atomic E-state index is 0.0290. The van der Waals surface area contributed by atoms with Gasteiger partial charge < -0.3 is 5.32 Å². The molecule has 1 aliphatic rings. The van der Waals surface area contributed by atoms with E-state index in [4.69, 9.17) is 0 Å². The lowest BCUT2D eigenvalue weighted by Crippen LogP contribution is -2.58. The van der Waals surface area contributed by atoms with Gasteiger partial charge in [-0.1, -0.05) is 12.1 Å². The molecule has 0 unspecified atom stereocenters. The van der Waals surface area contributed by atoms with E-state index in [-0.39, 0.29) is 17.0 Å². The second-order valence-corrected chi connectivity index (χ2v) is 5.96. The molecule has 0 spiro atoms. The molecule has 21 heavy (non-hydrogen) atoms. The van der Waals surface area contributed by atoms with Crippen LogP contribution in [0.2, 0.25) is 0 Å². The number of benzene rings is 1. The lowest BCUT2D eigenvalue weighted by Gasteiger charge is -2.42. The quantitative estimate of drug-likeness (QED) is 0.509. The fourth-order valence-electron chi connectivity index (χ4n) is 2.61. The highest BCUT2D eigenvalue weighted by molar-refractivity contribution is 5.96. The fourth-order valence-corrected chi connectivity index (χ4v) is 2.61. The summed E-state index contributed by atoms with van der Waals surface area (Å²) in [4.78, 5) is 24.8. The minimum Gasteiger partial charge on any atom is -0.314 e. The van der Waals surface area contributed by atoms with Crippen molar-refractivity contribution in [3.05, 3.63) is 39.9 Å². The summed E-state index contributed by atoms with van der Waals surface area (Å²) in [6.07, 6.45) is 0.380. The van der Waals surface area contributed by atoms with Gasteiger partial charge in [-0.3, -0.25) is 19.8 Å². The van der Waals surface area contributed by atoms with Crippen molar-refractivity contribution in [3.63, 3.8) is 0 Å². The van der Waals surface area contributed by atoms with E-state index >= 15 is 0 Å². The second-order valence-electron chi connectivity index (χ2n) is 5.96. The first kappa shape index (κ1) is 15.6. The number of hydrogen-bond acceptors (Lipinski definition) is 5. The first-order valence-electron chi connectivity index (χ1n) is 7.13. The molecule has 0 amide bonds. The Morgan fingerprint density at radius 1 is 1.48 bits per heavy atom. The Kier molecular flexibility index (Phi) is 4.69. The van der Waals surface area contributed by atoms with E-state index in [0.717, 1.165) is 19.6 Å². The van der Waals surface area contributed by atoms with Crippen molar-refractivity contribution in [1.82, 2.24) is 10.2 Å². The third-order valence-corrected chi connectivity index (χ3v) is 3.96. The number of nitro benzene ring substituents is 1. The summed E-state index contributed by atoms with van der Waals surface area (Å²) >= 11 is 0. The Labute approximate surface area is 124 Å². The number of nitrogens with one attached hydrogen (secondary N) is 1. The van der Waals surface area contributed by atoms with Gasteiger partial charge in [0.25, 0.3) is 5.69 Å². The molecule has 0 atom stereocenters. The van der Waals surface area contributed by atoms with Gasteiger partial charge in [0.05, 0.1) is 4.92 Å². The van der Waals surface area contributed by atoms with E-state index in [0.29, 0.717) is 18.5 Å². The van der Waals surface area contributed by atoms with Gasteiger partial charge in [-0.2, -0.15) is 0 Å². The zero-order chi connectivity index (χ0) is 15.5. The number of hydrogen-bond donors (Lipinski definition) is 1. The van der Waals surface area contributed by atoms with Gasteiger partial charge in [0, 0.05) is 55.8 Å². The van der Waals surface area contributed by atoms with Crippen LogP contribution in [0.4, 0.5) is 5.69 Å². The summed E-state index contributed by atoms with van der Waals surface area (Å²) < 4.78 is 0. The Morgan fingerprint density at radius 3 is 2.90 bits per heavy atom. The van der Waals surface area contributed by atoms with Crippen LogP contribution in [-0.2, 0) is 0 Å². The maximum atomic E-state index is 12.2. The maximum absolute atomic E-state index is 12.2. The van der Waals surface area contributed by atoms with Crippen molar-refractivity contribution >= 4 is 11.5 Å². The number of rotatable bonds is 5. The Morgan fingerprint density at radius 2 is 2.24 bits per heavy atom. The first-order chi connectivity index (χ1) is 9.90. The molecule has 0 radical (unpaired) electrons. The van der Waals surface area contributed by atoms with Crippen LogP contribution in [0.3, 0.4) is 0 Å². The van der Waals surface area contributed by atoms with Gasteiger partial charge in [0.2, 0.25) is 0 Å². The van der Waals surface area contributed by atoms with E-state index in [9.17, 15) is 14.9 Å². The van der Waals surface area contributed by atoms with Gasteiger partial charge in [-0.25, -0.2) is 0 Å². The Hall–Kier alpha value is -1.79. The largest absolute Gasteiger partial charge is 0.314 e. The average Bonchev–Trinajstić information content (AvgIpc) is 2.45. The van der Waals surface area contributed by atoms with E-state index in [1.165, 1.54) is 12.1 Å². The lowest BCUT2D eigenvalue weighted by molar-refractivity contribution is -0.384. The molecular formula is C15H21N3O3. The number of nitro groups is 1. The first-order valence-corrected chi connectivity index (χ1v) is 7.13. The minimum atomic E-state index is -0.476. The fraction of sp³-hybridized carbons (Fsp3) is 0.533. The number of nitrogens with zero attached hydrogens (tertiary/aromatic N) is 2. The molecule has 0 bridgehead atoms. The van der Waals surface area contributed by atoms with Crippen LogP contribution < -0.4 is 5.32 Å². The molecule has 6 heteroatoms. The van der Waals surface area contributed by atoms with Crippen molar-refractivity contribution in [2.24, 2.45) is 0 Å². The van der Waals surface area contributed by atoms with Crippen LogP contribution in [0, 0.1) is 10.1 Å². The molecule has 0 aliphatic carbocycles. The maximum Gasteiger partial charge on any atom is 0.270 e. The van der Waals surface area contributed by atoms with Gasteiger partial charge in [-0.15, -0.1) is 0 Å². The zero-order valence-electron chi connectivity index (χ0n) is 12.5. The van der Waals surface area contributed by atoms with Crippen molar-refractivity contribution in [3.8, 4) is 0 Å². The Balaban J connectivity index is 1.98. The third-order valence-electron chi connectivity index (χ3n) is 3.96. The van der Waals surface area contributed by atoms with Gasteiger partial charge in [0.15, 0.2) is 5.78 Å². The molecule has 2 rings (SSSR count). The monoisotopic (exact) mass is 291 g/mol. The zero-order valence-corrected chi connectivity index (χ0v) is 12.5. The van der Waals surface area contributed by atoms with Crippen LogP contribution in [0.25, 0.3) is 0 Å². The summed E-state index contributed by atoms with van der Waals surface area (Å²) in [5, 5.41) is 14.1. The Bertz CT molecular complexity index is 543. The van der Waals surface area contributed by atoms with Crippen LogP contribution in [0.5, 0.6) is 0 Å². The molecule has 1 aromatic rings. The van der Waals surface area contributed by atoms with Crippen LogP contribution in [-0.4, -0.2) is 47.3 Å². The molecule has 1 saturated heterocycles. The van der Waals surface area contributed by atoms with Crippen LogP contribution in [0.1, 0.15) is 30.6 Å². The predicted molar refractivity (Wildman–Crippen MR) is 80.6 cm³/mol. The van der Waals surface area contributed by atoms with Gasteiger partial charge >= 0.3 is 0 Å². The second kappa shape index (κ2) is 6.32. The molecule has 1 aliphatic heterocycles. The molecule has 0 saturated carbocycles. The summed E-state index contributed by atoms with van der Waals surface area (Å²) in [5.41, 5.74) is 0.404. The number of ketones is 1. The molecule has 1 aromatic carbocycles. The SMILES string of the molecule is CC1(C)CNCCN1CCC(=O)c1cccc([N+](=O)[O-])c1.